The molecule has 2 rings (SSSR count). The van der Waals surface area contributed by atoms with Crippen molar-refractivity contribution in [3.63, 3.8) is 0 Å². The van der Waals surface area contributed by atoms with E-state index in [4.69, 9.17) is 0 Å². The lowest BCUT2D eigenvalue weighted by atomic mass is 9.99. The highest BCUT2D eigenvalue weighted by Gasteiger charge is 2.41. The van der Waals surface area contributed by atoms with E-state index in [2.05, 4.69) is 27.0 Å². The molecule has 0 aromatic rings. The van der Waals surface area contributed by atoms with Gasteiger partial charge in [-0.25, -0.2) is 0 Å². The van der Waals surface area contributed by atoms with Crippen LogP contribution in [0.15, 0.2) is 4.99 Å². The molecule has 2 aliphatic rings. The first-order valence-electron chi connectivity index (χ1n) is 9.30. The first-order valence-corrected chi connectivity index (χ1v) is 9.30. The number of guanidine groups is 1. The van der Waals surface area contributed by atoms with Crippen molar-refractivity contribution >= 4 is 5.96 Å². The molecule has 0 aromatic carbocycles. The van der Waals surface area contributed by atoms with Crippen molar-refractivity contribution < 1.29 is 13.2 Å². The summed E-state index contributed by atoms with van der Waals surface area (Å²) in [6.07, 6.45) is -1.64. The molecule has 2 fully saturated rings. The van der Waals surface area contributed by atoms with E-state index in [1.807, 2.05) is 0 Å². The van der Waals surface area contributed by atoms with Gasteiger partial charge in [0.2, 0.25) is 0 Å². The monoisotopic (exact) mass is 363 g/mol. The molecular formula is C17H32F3N5. The van der Waals surface area contributed by atoms with Gasteiger partial charge in [-0.3, -0.25) is 9.89 Å². The molecule has 0 aromatic heterocycles. The molecule has 0 aliphatic carbocycles. The van der Waals surface area contributed by atoms with Crippen LogP contribution in [-0.4, -0.2) is 92.3 Å². The maximum absolute atomic E-state index is 12.8. The Bertz CT molecular complexity index is 424. The molecular weight excluding hydrogens is 331 g/mol. The Morgan fingerprint density at radius 3 is 2.24 bits per heavy atom. The predicted octanol–water partition coefficient (Wildman–Crippen LogP) is 1.86. The average molecular weight is 363 g/mol. The number of hydrogen-bond acceptors (Lipinski definition) is 3. The van der Waals surface area contributed by atoms with Crippen molar-refractivity contribution in [3.05, 3.63) is 0 Å². The van der Waals surface area contributed by atoms with Crippen LogP contribution in [0.3, 0.4) is 0 Å². The molecule has 1 N–H and O–H groups in total. The van der Waals surface area contributed by atoms with Gasteiger partial charge in [-0.1, -0.05) is 6.92 Å². The first kappa shape index (κ1) is 20.3. The highest BCUT2D eigenvalue weighted by Crippen LogP contribution is 2.25. The van der Waals surface area contributed by atoms with Gasteiger partial charge >= 0.3 is 6.18 Å². The molecule has 5 nitrogen and oxygen atoms in total. The molecule has 0 bridgehead atoms. The van der Waals surface area contributed by atoms with E-state index in [1.165, 1.54) is 24.7 Å². The summed E-state index contributed by atoms with van der Waals surface area (Å²) in [7, 11) is 1.73. The first-order chi connectivity index (χ1) is 11.8. The number of alkyl halides is 3. The van der Waals surface area contributed by atoms with Gasteiger partial charge < -0.3 is 15.1 Å². The molecule has 0 radical (unpaired) electrons. The predicted molar refractivity (Wildman–Crippen MR) is 94.9 cm³/mol. The van der Waals surface area contributed by atoms with Gasteiger partial charge in [-0.05, 0) is 38.8 Å². The van der Waals surface area contributed by atoms with Crippen LogP contribution in [0.5, 0.6) is 0 Å². The lowest BCUT2D eigenvalue weighted by molar-refractivity contribution is -0.181. The third kappa shape index (κ3) is 6.02. The van der Waals surface area contributed by atoms with E-state index >= 15 is 0 Å². The average Bonchev–Trinajstić information content (AvgIpc) is 2.59. The highest BCUT2D eigenvalue weighted by molar-refractivity contribution is 5.80. The fraction of sp³-hybridized carbons (Fsp3) is 0.941. The van der Waals surface area contributed by atoms with Crippen molar-refractivity contribution in [2.75, 3.05) is 59.4 Å². The van der Waals surface area contributed by atoms with Crippen LogP contribution in [0.2, 0.25) is 0 Å². The van der Waals surface area contributed by atoms with Crippen LogP contribution in [0.1, 0.15) is 26.7 Å². The van der Waals surface area contributed by atoms with E-state index in [1.54, 1.807) is 7.05 Å². The molecule has 8 heteroatoms. The Labute approximate surface area is 149 Å². The zero-order valence-electron chi connectivity index (χ0n) is 15.6. The quantitative estimate of drug-likeness (QED) is 0.611. The van der Waals surface area contributed by atoms with Crippen molar-refractivity contribution in [1.82, 2.24) is 20.0 Å². The Morgan fingerprint density at radius 2 is 1.72 bits per heavy atom. The van der Waals surface area contributed by atoms with E-state index in [9.17, 15) is 13.2 Å². The molecule has 2 heterocycles. The topological polar surface area (TPSA) is 34.1 Å². The lowest BCUT2D eigenvalue weighted by Gasteiger charge is -2.39. The minimum atomic E-state index is -4.16. The zero-order valence-corrected chi connectivity index (χ0v) is 15.6. The molecule has 2 aliphatic heterocycles. The Kier molecular flexibility index (Phi) is 7.37. The van der Waals surface area contributed by atoms with Crippen molar-refractivity contribution in [1.29, 1.82) is 0 Å². The number of rotatable bonds is 4. The third-order valence-corrected chi connectivity index (χ3v) is 5.43. The number of nitrogens with one attached hydrogen (secondary N) is 1. The minimum absolute atomic E-state index is 0.408. The van der Waals surface area contributed by atoms with Gasteiger partial charge in [0.25, 0.3) is 0 Å². The second-order valence-electron chi connectivity index (χ2n) is 7.24. The molecule has 1 unspecified atom stereocenters. The normalized spacial score (nSPS) is 23.8. The second-order valence-corrected chi connectivity index (χ2v) is 7.24. The van der Waals surface area contributed by atoms with Crippen molar-refractivity contribution in [3.8, 4) is 0 Å². The summed E-state index contributed by atoms with van der Waals surface area (Å²) in [4.78, 5) is 10.3. The van der Waals surface area contributed by atoms with E-state index in [0.29, 0.717) is 26.2 Å². The summed E-state index contributed by atoms with van der Waals surface area (Å²) in [5, 5.41) is 3.37. The van der Waals surface area contributed by atoms with E-state index < -0.39 is 12.2 Å². The van der Waals surface area contributed by atoms with Gasteiger partial charge in [0.05, 0.1) is 0 Å². The van der Waals surface area contributed by atoms with Gasteiger partial charge in [0, 0.05) is 46.3 Å². The third-order valence-electron chi connectivity index (χ3n) is 5.43. The summed E-state index contributed by atoms with van der Waals surface area (Å²) < 4.78 is 38.5. The molecule has 146 valence electrons. The lowest BCUT2D eigenvalue weighted by Crippen LogP contribution is -2.57. The Balaban J connectivity index is 1.71. The standard InChI is InChI=1S/C17H32F3N5/c1-14-4-7-23(8-5-14)9-6-22-16(21-3)25-12-10-24(11-13-25)15(2)17(18,19)20/h14-15H,4-13H2,1-3H3,(H,21,22). The number of aliphatic imine (C=N–C) groups is 1. The maximum atomic E-state index is 12.8. The smallest absolute Gasteiger partial charge is 0.355 e. The van der Waals surface area contributed by atoms with Crippen LogP contribution in [0.4, 0.5) is 13.2 Å². The van der Waals surface area contributed by atoms with Gasteiger partial charge in [-0.15, -0.1) is 0 Å². The molecule has 25 heavy (non-hydrogen) atoms. The zero-order chi connectivity index (χ0) is 18.4. The van der Waals surface area contributed by atoms with Crippen LogP contribution in [-0.2, 0) is 0 Å². The van der Waals surface area contributed by atoms with Crippen LogP contribution in [0.25, 0.3) is 0 Å². The second kappa shape index (κ2) is 9.07. The van der Waals surface area contributed by atoms with Crippen LogP contribution >= 0.6 is 0 Å². The van der Waals surface area contributed by atoms with E-state index in [-0.39, 0.29) is 0 Å². The molecule has 2 saturated heterocycles. The molecule has 0 amide bonds. The van der Waals surface area contributed by atoms with Gasteiger partial charge in [-0.2, -0.15) is 13.2 Å². The SMILES string of the molecule is CN=C(NCCN1CCC(C)CC1)N1CCN(C(C)C(F)(F)F)CC1. The van der Waals surface area contributed by atoms with Crippen LogP contribution in [0, 0.1) is 5.92 Å². The van der Waals surface area contributed by atoms with Gasteiger partial charge in [0.1, 0.15) is 6.04 Å². The minimum Gasteiger partial charge on any atom is -0.355 e. The van der Waals surface area contributed by atoms with Crippen LogP contribution < -0.4 is 5.32 Å². The molecule has 1 atom stereocenters. The fourth-order valence-electron chi connectivity index (χ4n) is 3.47. The number of hydrogen-bond donors (Lipinski definition) is 1. The molecule has 0 saturated carbocycles. The largest absolute Gasteiger partial charge is 0.403 e. The fourth-order valence-corrected chi connectivity index (χ4v) is 3.47. The molecule has 0 spiro atoms. The number of piperidine rings is 1. The highest BCUT2D eigenvalue weighted by atomic mass is 19.4. The number of piperazine rings is 1. The van der Waals surface area contributed by atoms with Crippen molar-refractivity contribution in [2.24, 2.45) is 10.9 Å². The summed E-state index contributed by atoms with van der Waals surface area (Å²) in [6.45, 7) is 9.60. The van der Waals surface area contributed by atoms with Crippen molar-refractivity contribution in [2.45, 2.75) is 38.9 Å². The maximum Gasteiger partial charge on any atom is 0.403 e. The number of halogens is 3. The van der Waals surface area contributed by atoms with Gasteiger partial charge in [0.15, 0.2) is 5.96 Å². The summed E-state index contributed by atoms with van der Waals surface area (Å²) in [5.41, 5.74) is 0. The summed E-state index contributed by atoms with van der Waals surface area (Å²) in [6, 6.07) is -1.38. The summed E-state index contributed by atoms with van der Waals surface area (Å²) in [5.74, 6) is 1.62. The van der Waals surface area contributed by atoms with E-state index in [0.717, 1.165) is 38.1 Å². The number of nitrogens with zero attached hydrogens (tertiary/aromatic N) is 4. The Morgan fingerprint density at radius 1 is 1.12 bits per heavy atom. The summed E-state index contributed by atoms with van der Waals surface area (Å²) >= 11 is 0. The Hall–Kier alpha value is -1.02. The number of likely N-dealkylation sites (tertiary alicyclic amines) is 1.